The van der Waals surface area contributed by atoms with Crippen molar-refractivity contribution in [3.8, 4) is 0 Å². The average Bonchev–Trinajstić information content (AvgIpc) is 2.53. The summed E-state index contributed by atoms with van der Waals surface area (Å²) in [6, 6.07) is 3.75. The molecule has 1 aliphatic heterocycles. The van der Waals surface area contributed by atoms with Crippen molar-refractivity contribution in [3.63, 3.8) is 0 Å². The number of benzene rings is 1. The number of nitrogens with one attached hydrogen (secondary N) is 2. The summed E-state index contributed by atoms with van der Waals surface area (Å²) >= 11 is 0. The van der Waals surface area contributed by atoms with Gasteiger partial charge in [-0.15, -0.1) is 0 Å². The fourth-order valence-electron chi connectivity index (χ4n) is 2.89. The number of nitrogens with zero attached hydrogens (tertiary/aromatic N) is 1. The third-order valence-corrected chi connectivity index (χ3v) is 4.80. The average molecular weight is 357 g/mol. The second-order valence-electron chi connectivity index (χ2n) is 6.20. The van der Waals surface area contributed by atoms with Gasteiger partial charge in [0, 0.05) is 18.7 Å². The first kappa shape index (κ1) is 18.7. The van der Waals surface area contributed by atoms with Crippen LogP contribution in [-0.2, 0) is 10.0 Å². The Kier molecular flexibility index (Phi) is 6.17. The molecule has 1 aliphatic rings. The van der Waals surface area contributed by atoms with Crippen LogP contribution in [0.3, 0.4) is 0 Å². The first-order valence-electron chi connectivity index (χ1n) is 8.01. The number of carbonyl (C=O) groups is 1. The third-order valence-electron chi connectivity index (χ3n) is 4.21. The zero-order valence-electron chi connectivity index (χ0n) is 14.0. The van der Waals surface area contributed by atoms with Gasteiger partial charge in [0.2, 0.25) is 10.0 Å². The topological polar surface area (TPSA) is 78.5 Å². The molecule has 0 saturated carbocycles. The van der Waals surface area contributed by atoms with Crippen molar-refractivity contribution in [2.24, 2.45) is 5.92 Å². The molecule has 24 heavy (non-hydrogen) atoms. The molecule has 0 radical (unpaired) electrons. The summed E-state index contributed by atoms with van der Waals surface area (Å²) < 4.78 is 38.4. The summed E-state index contributed by atoms with van der Waals surface area (Å²) in [5.74, 6) is -0.293. The zero-order chi connectivity index (χ0) is 17.7. The van der Waals surface area contributed by atoms with Crippen molar-refractivity contribution < 1.29 is 17.6 Å². The van der Waals surface area contributed by atoms with Gasteiger partial charge in [-0.05, 0) is 57.0 Å². The quantitative estimate of drug-likeness (QED) is 0.812. The van der Waals surface area contributed by atoms with Gasteiger partial charge in [-0.1, -0.05) is 0 Å². The highest BCUT2D eigenvalue weighted by atomic mass is 32.2. The number of piperidine rings is 1. The van der Waals surface area contributed by atoms with Crippen LogP contribution < -0.4 is 10.0 Å². The molecule has 1 saturated heterocycles. The van der Waals surface area contributed by atoms with E-state index in [0.29, 0.717) is 19.0 Å². The zero-order valence-corrected chi connectivity index (χ0v) is 14.8. The normalized spacial score (nSPS) is 16.2. The van der Waals surface area contributed by atoms with E-state index in [4.69, 9.17) is 0 Å². The highest BCUT2D eigenvalue weighted by molar-refractivity contribution is 7.92. The van der Waals surface area contributed by atoms with Gasteiger partial charge in [0.15, 0.2) is 0 Å². The van der Waals surface area contributed by atoms with E-state index < -0.39 is 15.8 Å². The maximum Gasteiger partial charge on any atom is 0.253 e. The standard InChI is InChI=1S/C16H24FN3O3S/c1-18-8-5-12-6-9-20(10-7-12)16(21)13-3-4-14(17)15(11-13)19-24(2,22)23/h3-4,11-12,18-19H,5-10H2,1-2H3. The molecule has 6 nitrogen and oxygen atoms in total. The number of rotatable bonds is 6. The molecule has 0 aliphatic carbocycles. The summed E-state index contributed by atoms with van der Waals surface area (Å²) in [6.45, 7) is 2.30. The minimum atomic E-state index is -3.60. The summed E-state index contributed by atoms with van der Waals surface area (Å²) in [5, 5.41) is 3.13. The highest BCUT2D eigenvalue weighted by Gasteiger charge is 2.24. The molecule has 0 atom stereocenters. The van der Waals surface area contributed by atoms with Crippen LogP contribution in [0.25, 0.3) is 0 Å². The van der Waals surface area contributed by atoms with Crippen LogP contribution in [0.5, 0.6) is 0 Å². The van der Waals surface area contributed by atoms with Crippen LogP contribution in [-0.4, -0.2) is 52.2 Å². The molecule has 134 valence electrons. The Hall–Kier alpha value is -1.67. The first-order chi connectivity index (χ1) is 11.3. The maximum atomic E-state index is 13.7. The molecule has 1 amide bonds. The summed E-state index contributed by atoms with van der Waals surface area (Å²) in [5.41, 5.74) is 0.0866. The van der Waals surface area contributed by atoms with Crippen molar-refractivity contribution in [1.29, 1.82) is 0 Å². The Morgan fingerprint density at radius 3 is 2.58 bits per heavy atom. The lowest BCUT2D eigenvalue weighted by atomic mass is 9.93. The number of sulfonamides is 1. The van der Waals surface area contributed by atoms with Crippen LogP contribution in [0.2, 0.25) is 0 Å². The summed E-state index contributed by atoms with van der Waals surface area (Å²) in [6.07, 6.45) is 3.93. The predicted octanol–water partition coefficient (Wildman–Crippen LogP) is 1.66. The van der Waals surface area contributed by atoms with Crippen molar-refractivity contribution in [2.45, 2.75) is 19.3 Å². The molecule has 0 spiro atoms. The van der Waals surface area contributed by atoms with Crippen molar-refractivity contribution in [1.82, 2.24) is 10.2 Å². The second-order valence-corrected chi connectivity index (χ2v) is 7.95. The summed E-state index contributed by atoms with van der Waals surface area (Å²) in [4.78, 5) is 14.3. The maximum absolute atomic E-state index is 13.7. The minimum Gasteiger partial charge on any atom is -0.339 e. The van der Waals surface area contributed by atoms with Crippen LogP contribution >= 0.6 is 0 Å². The van der Waals surface area contributed by atoms with Gasteiger partial charge in [-0.3, -0.25) is 9.52 Å². The molecular weight excluding hydrogens is 333 g/mol. The number of hydrogen-bond acceptors (Lipinski definition) is 4. The molecule has 2 rings (SSSR count). The lowest BCUT2D eigenvalue weighted by molar-refractivity contribution is 0.0687. The van der Waals surface area contributed by atoms with Gasteiger partial charge in [0.1, 0.15) is 5.82 Å². The molecule has 1 fully saturated rings. The number of hydrogen-bond donors (Lipinski definition) is 2. The molecule has 0 aromatic heterocycles. The first-order valence-corrected chi connectivity index (χ1v) is 9.90. The highest BCUT2D eigenvalue weighted by Crippen LogP contribution is 2.23. The molecular formula is C16H24FN3O3S. The van der Waals surface area contributed by atoms with E-state index in [1.807, 2.05) is 7.05 Å². The largest absolute Gasteiger partial charge is 0.339 e. The van der Waals surface area contributed by atoms with Crippen molar-refractivity contribution in [2.75, 3.05) is 37.7 Å². The van der Waals surface area contributed by atoms with E-state index in [2.05, 4.69) is 10.0 Å². The smallest absolute Gasteiger partial charge is 0.253 e. The number of carbonyl (C=O) groups excluding carboxylic acids is 1. The minimum absolute atomic E-state index is 0.196. The number of amides is 1. The van der Waals surface area contributed by atoms with E-state index in [0.717, 1.165) is 38.1 Å². The summed E-state index contributed by atoms with van der Waals surface area (Å²) in [7, 11) is -1.68. The van der Waals surface area contributed by atoms with Crippen LogP contribution in [0.15, 0.2) is 18.2 Å². The van der Waals surface area contributed by atoms with E-state index in [1.165, 1.54) is 12.1 Å². The van der Waals surface area contributed by atoms with E-state index >= 15 is 0 Å². The lowest BCUT2D eigenvalue weighted by Crippen LogP contribution is -2.39. The molecule has 1 aromatic carbocycles. The molecule has 1 heterocycles. The monoisotopic (exact) mass is 357 g/mol. The number of anilines is 1. The Morgan fingerprint density at radius 2 is 2.00 bits per heavy atom. The molecule has 0 bridgehead atoms. The van der Waals surface area contributed by atoms with Crippen LogP contribution in [0, 0.1) is 11.7 Å². The van der Waals surface area contributed by atoms with Gasteiger partial charge in [-0.2, -0.15) is 0 Å². The van der Waals surface area contributed by atoms with Crippen molar-refractivity contribution >= 4 is 21.6 Å². The van der Waals surface area contributed by atoms with Gasteiger partial charge >= 0.3 is 0 Å². The van der Waals surface area contributed by atoms with E-state index in [9.17, 15) is 17.6 Å². The van der Waals surface area contributed by atoms with Gasteiger partial charge in [-0.25, -0.2) is 12.8 Å². The lowest BCUT2D eigenvalue weighted by Gasteiger charge is -2.32. The van der Waals surface area contributed by atoms with Crippen molar-refractivity contribution in [3.05, 3.63) is 29.6 Å². The van der Waals surface area contributed by atoms with Gasteiger partial charge < -0.3 is 10.2 Å². The van der Waals surface area contributed by atoms with Gasteiger partial charge in [0.05, 0.1) is 11.9 Å². The van der Waals surface area contributed by atoms with Crippen LogP contribution in [0.1, 0.15) is 29.6 Å². The Labute approximate surface area is 142 Å². The Balaban J connectivity index is 2.04. The predicted molar refractivity (Wildman–Crippen MR) is 92.0 cm³/mol. The number of likely N-dealkylation sites (tertiary alicyclic amines) is 1. The Bertz CT molecular complexity index is 686. The fraction of sp³-hybridized carbons (Fsp3) is 0.562. The number of halogens is 1. The second kappa shape index (κ2) is 7.94. The van der Waals surface area contributed by atoms with E-state index in [-0.39, 0.29) is 17.2 Å². The Morgan fingerprint density at radius 1 is 1.33 bits per heavy atom. The third kappa shape index (κ3) is 5.17. The SMILES string of the molecule is CNCCC1CCN(C(=O)c2ccc(F)c(NS(C)(=O)=O)c2)CC1. The fourth-order valence-corrected chi connectivity index (χ4v) is 3.45. The van der Waals surface area contributed by atoms with Crippen LogP contribution in [0.4, 0.5) is 10.1 Å². The molecule has 8 heteroatoms. The molecule has 2 N–H and O–H groups in total. The molecule has 1 aromatic rings. The molecule has 0 unspecified atom stereocenters. The van der Waals surface area contributed by atoms with Gasteiger partial charge in [0.25, 0.3) is 5.91 Å². The van der Waals surface area contributed by atoms with E-state index in [1.54, 1.807) is 4.90 Å².